The molecule has 0 N–H and O–H groups in total. The third-order valence-corrected chi connectivity index (χ3v) is 32.2. The van der Waals surface area contributed by atoms with E-state index in [0.717, 1.165) is 82.7 Å². The van der Waals surface area contributed by atoms with Crippen LogP contribution in [-0.2, 0) is 15.9 Å². The molecule has 2 aliphatic rings. The molecule has 0 fully saturated rings. The van der Waals surface area contributed by atoms with Crippen molar-refractivity contribution in [2.24, 2.45) is 0 Å². The highest BCUT2D eigenvalue weighted by molar-refractivity contribution is 9.19. The molecule has 1 nitrogen and oxygen atoms in total. The molecule has 0 spiro atoms. The summed E-state index contributed by atoms with van der Waals surface area (Å²) in [4.78, 5) is -1.02. The van der Waals surface area contributed by atoms with Crippen LogP contribution in [0.15, 0.2) is 80.6 Å². The van der Waals surface area contributed by atoms with Crippen LogP contribution in [0.3, 0.4) is 0 Å². The molecule has 21 heteroatoms. The molecule has 2 aromatic rings. The van der Waals surface area contributed by atoms with Gasteiger partial charge in [0, 0.05) is 91.7 Å². The first-order chi connectivity index (χ1) is 20.7. The predicted octanol–water partition coefficient (Wildman–Crippen LogP) is 20.0. The minimum atomic E-state index is -1.32. The quantitative estimate of drug-likeness (QED) is 0.168. The van der Waals surface area contributed by atoms with Gasteiger partial charge in [-0.05, 0) is 223 Å². The number of allylic oxidation sites excluding steroid dienone is 4. The summed E-state index contributed by atoms with van der Waals surface area (Å²) in [6, 6.07) is 0. The standard InChI is InChI=1S/C24H2Br20O/c25-3-1(4(26)8(30)11(33)7(3)29)23(19(41)15(37)13(35)16(38)20(23)42)45-24(21(43)17(39)14(36)18(40)22(24)44)2-5(27)9(31)12(34)10(32)6(2)28/h19,21H. The first-order valence-electron chi connectivity index (χ1n) is 10.9. The number of rotatable bonds is 4. The second-order valence-corrected chi connectivity index (χ2v) is 25.0. The van der Waals surface area contributed by atoms with Crippen LogP contribution in [0, 0.1) is 0 Å². The average Bonchev–Trinajstić information content (AvgIpc) is 3.02. The topological polar surface area (TPSA) is 9.23 Å². The van der Waals surface area contributed by atoms with Gasteiger partial charge >= 0.3 is 0 Å². The van der Waals surface area contributed by atoms with Crippen LogP contribution in [0.1, 0.15) is 11.1 Å². The number of alkyl halides is 2. The van der Waals surface area contributed by atoms with E-state index in [2.05, 4.69) is 319 Å². The van der Waals surface area contributed by atoms with Gasteiger partial charge in [-0.3, -0.25) is 0 Å². The molecule has 0 aliphatic heterocycles. The Balaban J connectivity index is 2.35. The Kier molecular flexibility index (Phi) is 17.1. The van der Waals surface area contributed by atoms with Gasteiger partial charge in [0.15, 0.2) is 0 Å². The Morgan fingerprint density at radius 2 is 0.556 bits per heavy atom. The SMILES string of the molecule is BrC1=C(Br)C(Br)C(OC2(c3c(Br)c(Br)c(Br)c(Br)c3Br)C(Br)=C(Br)C(Br)=C(Br)C2Br)(c2c(Br)c(Br)c(Br)c(Br)c2Br)C(Br)=C1Br. The van der Waals surface area contributed by atoms with E-state index in [1.807, 2.05) is 0 Å². The molecule has 4 atom stereocenters. The first kappa shape index (κ1) is 44.7. The highest BCUT2D eigenvalue weighted by atomic mass is 79.9. The lowest BCUT2D eigenvalue weighted by molar-refractivity contribution is -0.114. The van der Waals surface area contributed by atoms with Gasteiger partial charge in [0.05, 0.1) is 9.65 Å². The molecule has 45 heavy (non-hydrogen) atoms. The molecule has 0 amide bonds. The van der Waals surface area contributed by atoms with Gasteiger partial charge in [-0.2, -0.15) is 0 Å². The number of halogens is 20. The lowest BCUT2D eigenvalue weighted by Gasteiger charge is -2.52. The van der Waals surface area contributed by atoms with Crippen molar-refractivity contribution in [2.75, 3.05) is 0 Å². The van der Waals surface area contributed by atoms with Crippen molar-refractivity contribution in [1.29, 1.82) is 0 Å². The Morgan fingerprint density at radius 3 is 0.800 bits per heavy atom. The minimum absolute atomic E-state index is 0.508. The van der Waals surface area contributed by atoms with Crippen molar-refractivity contribution in [3.63, 3.8) is 0 Å². The largest absolute Gasteiger partial charge is 0.345 e. The number of hydrogen-bond acceptors (Lipinski definition) is 1. The Hall–Kier alpha value is 6.96. The number of hydrogen-bond donors (Lipinski definition) is 0. The van der Waals surface area contributed by atoms with Crippen molar-refractivity contribution >= 4 is 319 Å². The summed E-state index contributed by atoms with van der Waals surface area (Å²) in [6.45, 7) is 0. The molecule has 0 aromatic heterocycles. The van der Waals surface area contributed by atoms with Gasteiger partial charge in [0.25, 0.3) is 0 Å². The fourth-order valence-electron chi connectivity index (χ4n) is 4.41. The third kappa shape index (κ3) is 7.35. The van der Waals surface area contributed by atoms with Gasteiger partial charge in [-0.15, -0.1) is 0 Å². The number of ether oxygens (including phenoxy) is 1. The van der Waals surface area contributed by atoms with Gasteiger partial charge in [0.2, 0.25) is 0 Å². The Morgan fingerprint density at radius 1 is 0.333 bits per heavy atom. The van der Waals surface area contributed by atoms with E-state index in [9.17, 15) is 0 Å². The molecule has 0 bridgehead atoms. The second-order valence-electron chi connectivity index (χ2n) is 8.77. The van der Waals surface area contributed by atoms with E-state index in [0.29, 0.717) is 8.96 Å². The van der Waals surface area contributed by atoms with E-state index < -0.39 is 20.9 Å². The maximum atomic E-state index is 7.96. The van der Waals surface area contributed by atoms with Crippen LogP contribution >= 0.6 is 319 Å². The Labute approximate surface area is 427 Å². The fourth-order valence-corrected chi connectivity index (χ4v) is 19.9. The van der Waals surface area contributed by atoms with Crippen molar-refractivity contribution in [1.82, 2.24) is 0 Å². The molecule has 0 radical (unpaired) electrons. The lowest BCUT2D eigenvalue weighted by atomic mass is 9.81. The van der Waals surface area contributed by atoms with E-state index in [-0.39, 0.29) is 0 Å². The highest BCUT2D eigenvalue weighted by Crippen LogP contribution is 2.68. The molecule has 4 unspecified atom stereocenters. The molecule has 244 valence electrons. The maximum Gasteiger partial charge on any atom is 0.147 e. The summed E-state index contributed by atoms with van der Waals surface area (Å²) in [5.41, 5.74) is -1.12. The van der Waals surface area contributed by atoms with Crippen LogP contribution < -0.4 is 0 Å². The summed E-state index contributed by atoms with van der Waals surface area (Å²) < 4.78 is 21.8. The van der Waals surface area contributed by atoms with Crippen LogP contribution in [0.25, 0.3) is 0 Å². The second kappa shape index (κ2) is 17.2. The van der Waals surface area contributed by atoms with E-state index in [1.165, 1.54) is 0 Å². The molecule has 2 aliphatic carbocycles. The molecule has 0 saturated carbocycles. The molecule has 2 aromatic carbocycles. The van der Waals surface area contributed by atoms with E-state index in [4.69, 9.17) is 4.74 Å². The first-order valence-corrected chi connectivity index (χ1v) is 27.0. The van der Waals surface area contributed by atoms with Gasteiger partial charge in [-0.1, -0.05) is 95.6 Å². The summed E-state index contributed by atoms with van der Waals surface area (Å²) in [7, 11) is 0. The number of benzene rings is 2. The van der Waals surface area contributed by atoms with Crippen molar-refractivity contribution < 1.29 is 4.74 Å². The van der Waals surface area contributed by atoms with Crippen molar-refractivity contribution in [2.45, 2.75) is 20.9 Å². The van der Waals surface area contributed by atoms with Gasteiger partial charge in [0.1, 0.15) is 11.2 Å². The summed E-state index contributed by atoms with van der Waals surface area (Å²) in [5, 5.41) is 0. The third-order valence-electron chi connectivity index (χ3n) is 6.49. The zero-order valence-corrected chi connectivity index (χ0v) is 51.8. The van der Waals surface area contributed by atoms with Crippen LogP contribution in [0.4, 0.5) is 0 Å². The average molecular weight is 1900 g/mol. The zero-order chi connectivity index (χ0) is 34.4. The summed E-state index contributed by atoms with van der Waals surface area (Å²) in [5.74, 6) is 0. The van der Waals surface area contributed by atoms with Crippen LogP contribution in [-0.4, -0.2) is 9.65 Å². The molecular formula is C24H2Br20O. The maximum absolute atomic E-state index is 7.96. The van der Waals surface area contributed by atoms with Gasteiger partial charge < -0.3 is 4.74 Å². The predicted molar refractivity (Wildman–Crippen MR) is 259 cm³/mol. The van der Waals surface area contributed by atoms with E-state index >= 15 is 0 Å². The van der Waals surface area contributed by atoms with E-state index in [1.54, 1.807) is 0 Å². The highest BCUT2D eigenvalue weighted by Gasteiger charge is 2.61. The van der Waals surface area contributed by atoms with Gasteiger partial charge in [-0.25, -0.2) is 0 Å². The molecule has 0 saturated heterocycles. The van der Waals surface area contributed by atoms with Crippen LogP contribution in [0.5, 0.6) is 0 Å². The normalized spacial score (nSPS) is 26.1. The molecule has 0 heterocycles. The van der Waals surface area contributed by atoms with Crippen LogP contribution in [0.2, 0.25) is 0 Å². The Bertz CT molecular complexity index is 1620. The lowest BCUT2D eigenvalue weighted by Crippen LogP contribution is -2.53. The van der Waals surface area contributed by atoms with Crippen molar-refractivity contribution in [3.05, 3.63) is 91.7 Å². The smallest absolute Gasteiger partial charge is 0.147 e. The monoisotopic (exact) mass is 1880 g/mol. The fraction of sp³-hybridized carbons (Fsp3) is 0.167. The van der Waals surface area contributed by atoms with Crippen molar-refractivity contribution in [3.8, 4) is 0 Å². The molecule has 4 rings (SSSR count). The zero-order valence-electron chi connectivity index (χ0n) is 20.1. The summed E-state index contributed by atoms with van der Waals surface area (Å²) in [6.07, 6.45) is 0. The minimum Gasteiger partial charge on any atom is -0.345 e. The summed E-state index contributed by atoms with van der Waals surface area (Å²) >= 11 is 77.4. The molecular weight excluding hydrogens is 1900 g/mol.